The molecule has 1 fully saturated rings. The number of aryl methyl sites for hydroxylation is 1. The molecule has 0 aliphatic carbocycles. The van der Waals surface area contributed by atoms with Crippen molar-refractivity contribution < 1.29 is 14.3 Å². The smallest absolute Gasteiger partial charge is 0.257 e. The molecule has 0 N–H and O–H groups in total. The Labute approximate surface area is 134 Å². The molecule has 0 spiro atoms. The lowest BCUT2D eigenvalue weighted by Gasteiger charge is -2.33. The van der Waals surface area contributed by atoms with Gasteiger partial charge in [0.25, 0.3) is 5.91 Å². The molecule has 0 radical (unpaired) electrons. The number of rotatable bonds is 2. The Morgan fingerprint density at radius 2 is 2.26 bits per heavy atom. The molecular formula is C17H19N3O3. The summed E-state index contributed by atoms with van der Waals surface area (Å²) in [5, 5.41) is 4.40. The lowest BCUT2D eigenvalue weighted by atomic mass is 10.0. The summed E-state index contributed by atoms with van der Waals surface area (Å²) >= 11 is 0. The molecule has 4 rings (SSSR count). The maximum Gasteiger partial charge on any atom is 0.257 e. The Hall–Kier alpha value is -2.50. The number of carbonyl (C=O) groups excluding carboxylic acids is 1. The van der Waals surface area contributed by atoms with Gasteiger partial charge in [0.1, 0.15) is 0 Å². The van der Waals surface area contributed by atoms with Crippen LogP contribution in [0.5, 0.6) is 11.5 Å². The molecule has 6 heteroatoms. The number of fused-ring (bicyclic) bond motifs is 1. The van der Waals surface area contributed by atoms with Crippen molar-refractivity contribution >= 4 is 5.91 Å². The third-order valence-electron chi connectivity index (χ3n) is 4.42. The number of piperidine rings is 1. The highest BCUT2D eigenvalue weighted by Gasteiger charge is 2.29. The molecule has 120 valence electrons. The fourth-order valence-electron chi connectivity index (χ4n) is 3.26. The van der Waals surface area contributed by atoms with E-state index < -0.39 is 0 Å². The van der Waals surface area contributed by atoms with Crippen molar-refractivity contribution in [3.8, 4) is 11.5 Å². The van der Waals surface area contributed by atoms with Gasteiger partial charge in [0.05, 0.1) is 17.8 Å². The first-order valence-electron chi connectivity index (χ1n) is 7.91. The van der Waals surface area contributed by atoms with Crippen LogP contribution in [0.3, 0.4) is 0 Å². The first kappa shape index (κ1) is 14.1. The molecular weight excluding hydrogens is 294 g/mol. The molecule has 2 aliphatic heterocycles. The van der Waals surface area contributed by atoms with Crippen LogP contribution in [0, 0.1) is 6.92 Å². The summed E-state index contributed by atoms with van der Waals surface area (Å²) in [5.41, 5.74) is 1.72. The van der Waals surface area contributed by atoms with E-state index in [-0.39, 0.29) is 18.7 Å². The van der Waals surface area contributed by atoms with Gasteiger partial charge in [-0.15, -0.1) is 0 Å². The molecule has 0 saturated carbocycles. The molecule has 0 bridgehead atoms. The van der Waals surface area contributed by atoms with E-state index in [0.29, 0.717) is 23.6 Å². The second kappa shape index (κ2) is 5.61. The van der Waals surface area contributed by atoms with E-state index in [2.05, 4.69) is 5.10 Å². The predicted octanol–water partition coefficient (Wildman–Crippen LogP) is 2.40. The highest BCUT2D eigenvalue weighted by Crippen LogP contribution is 2.36. The number of para-hydroxylation sites is 1. The zero-order chi connectivity index (χ0) is 15.8. The molecule has 1 amide bonds. The maximum atomic E-state index is 12.9. The number of amides is 1. The van der Waals surface area contributed by atoms with Crippen LogP contribution >= 0.6 is 0 Å². The predicted molar refractivity (Wildman–Crippen MR) is 83.7 cm³/mol. The van der Waals surface area contributed by atoms with Gasteiger partial charge >= 0.3 is 0 Å². The summed E-state index contributed by atoms with van der Waals surface area (Å²) in [6.45, 7) is 3.64. The van der Waals surface area contributed by atoms with Crippen LogP contribution in [-0.2, 0) is 0 Å². The van der Waals surface area contributed by atoms with Crippen LogP contribution < -0.4 is 9.47 Å². The molecule has 2 aliphatic rings. The molecule has 2 aromatic rings. The zero-order valence-electron chi connectivity index (χ0n) is 13.1. The van der Waals surface area contributed by atoms with E-state index in [0.717, 1.165) is 24.9 Å². The van der Waals surface area contributed by atoms with E-state index in [1.165, 1.54) is 0 Å². The monoisotopic (exact) mass is 313 g/mol. The second-order valence-electron chi connectivity index (χ2n) is 6.08. The van der Waals surface area contributed by atoms with Gasteiger partial charge in [-0.2, -0.15) is 5.10 Å². The minimum atomic E-state index is 0.000859. The Balaban J connectivity index is 1.56. The summed E-state index contributed by atoms with van der Waals surface area (Å²) in [7, 11) is 0. The first-order valence-corrected chi connectivity index (χ1v) is 7.91. The van der Waals surface area contributed by atoms with Crippen molar-refractivity contribution in [2.75, 3.05) is 19.9 Å². The molecule has 3 heterocycles. The van der Waals surface area contributed by atoms with Crippen LogP contribution in [0.15, 0.2) is 30.6 Å². The van der Waals surface area contributed by atoms with Gasteiger partial charge in [0, 0.05) is 19.3 Å². The summed E-state index contributed by atoms with van der Waals surface area (Å²) in [4.78, 5) is 14.8. The van der Waals surface area contributed by atoms with Crippen LogP contribution in [0.25, 0.3) is 0 Å². The number of carbonyl (C=O) groups is 1. The highest BCUT2D eigenvalue weighted by molar-refractivity contribution is 5.98. The van der Waals surface area contributed by atoms with Crippen molar-refractivity contribution in [3.63, 3.8) is 0 Å². The molecule has 1 saturated heterocycles. The standard InChI is InChI=1S/C17H19N3O3/c1-12-8-18-20(9-12)13-4-3-7-19(10-13)17(21)14-5-2-6-15-16(14)23-11-22-15/h2,5-6,8-9,13H,3-4,7,10-11H2,1H3. The fraction of sp³-hybridized carbons (Fsp3) is 0.412. The van der Waals surface area contributed by atoms with Gasteiger partial charge in [-0.3, -0.25) is 9.48 Å². The normalized spacial score (nSPS) is 19.9. The topological polar surface area (TPSA) is 56.6 Å². The van der Waals surface area contributed by atoms with Gasteiger partial charge in [-0.05, 0) is 37.5 Å². The average molecular weight is 313 g/mol. The van der Waals surface area contributed by atoms with Gasteiger partial charge in [-0.1, -0.05) is 6.07 Å². The third kappa shape index (κ3) is 2.54. The van der Waals surface area contributed by atoms with Crippen LogP contribution in [-0.4, -0.2) is 40.5 Å². The third-order valence-corrected chi connectivity index (χ3v) is 4.42. The lowest BCUT2D eigenvalue weighted by molar-refractivity contribution is 0.0668. The van der Waals surface area contributed by atoms with E-state index in [1.807, 2.05) is 41.0 Å². The van der Waals surface area contributed by atoms with Crippen molar-refractivity contribution in [2.24, 2.45) is 0 Å². The lowest BCUT2D eigenvalue weighted by Crippen LogP contribution is -2.40. The Kier molecular flexibility index (Phi) is 3.44. The number of ether oxygens (including phenoxy) is 2. The van der Waals surface area contributed by atoms with E-state index in [9.17, 15) is 4.79 Å². The Morgan fingerprint density at radius 3 is 3.09 bits per heavy atom. The van der Waals surface area contributed by atoms with Gasteiger partial charge in [0.2, 0.25) is 6.79 Å². The number of aromatic nitrogens is 2. The second-order valence-corrected chi connectivity index (χ2v) is 6.08. The zero-order valence-corrected chi connectivity index (χ0v) is 13.1. The number of likely N-dealkylation sites (tertiary alicyclic amines) is 1. The van der Waals surface area contributed by atoms with Crippen molar-refractivity contribution in [1.82, 2.24) is 14.7 Å². The summed E-state index contributed by atoms with van der Waals surface area (Å²) < 4.78 is 12.8. The molecule has 6 nitrogen and oxygen atoms in total. The number of benzene rings is 1. The fourth-order valence-corrected chi connectivity index (χ4v) is 3.26. The average Bonchev–Trinajstić information content (AvgIpc) is 3.22. The SMILES string of the molecule is Cc1cnn(C2CCCN(C(=O)c3cccc4c3OCO4)C2)c1. The Bertz CT molecular complexity index is 740. The summed E-state index contributed by atoms with van der Waals surface area (Å²) in [6.07, 6.45) is 5.91. The molecule has 1 aromatic heterocycles. The van der Waals surface area contributed by atoms with Crippen LogP contribution in [0.1, 0.15) is 34.8 Å². The summed E-state index contributed by atoms with van der Waals surface area (Å²) in [5.74, 6) is 1.21. The van der Waals surface area contributed by atoms with E-state index >= 15 is 0 Å². The quantitative estimate of drug-likeness (QED) is 0.854. The first-order chi connectivity index (χ1) is 11.2. The van der Waals surface area contributed by atoms with Crippen molar-refractivity contribution in [2.45, 2.75) is 25.8 Å². The van der Waals surface area contributed by atoms with Gasteiger partial charge in [0.15, 0.2) is 11.5 Å². The number of hydrogen-bond acceptors (Lipinski definition) is 4. The van der Waals surface area contributed by atoms with Gasteiger partial charge < -0.3 is 14.4 Å². The van der Waals surface area contributed by atoms with Crippen molar-refractivity contribution in [3.05, 3.63) is 41.7 Å². The van der Waals surface area contributed by atoms with Crippen LogP contribution in [0.4, 0.5) is 0 Å². The van der Waals surface area contributed by atoms with E-state index in [1.54, 1.807) is 6.07 Å². The maximum absolute atomic E-state index is 12.9. The van der Waals surface area contributed by atoms with E-state index in [4.69, 9.17) is 9.47 Å². The largest absolute Gasteiger partial charge is 0.454 e. The number of nitrogens with zero attached hydrogens (tertiary/aromatic N) is 3. The summed E-state index contributed by atoms with van der Waals surface area (Å²) in [6, 6.07) is 5.69. The number of hydrogen-bond donors (Lipinski definition) is 0. The van der Waals surface area contributed by atoms with Gasteiger partial charge in [-0.25, -0.2) is 0 Å². The molecule has 1 unspecified atom stereocenters. The molecule has 23 heavy (non-hydrogen) atoms. The molecule has 1 atom stereocenters. The Morgan fingerprint density at radius 1 is 1.35 bits per heavy atom. The van der Waals surface area contributed by atoms with Crippen molar-refractivity contribution in [1.29, 1.82) is 0 Å². The minimum Gasteiger partial charge on any atom is -0.454 e. The van der Waals surface area contributed by atoms with Crippen LogP contribution in [0.2, 0.25) is 0 Å². The highest BCUT2D eigenvalue weighted by atomic mass is 16.7. The minimum absolute atomic E-state index is 0.000859. The molecule has 1 aromatic carbocycles.